The number of nitrogens with one attached hydrogen (secondary N) is 1. The van der Waals surface area contributed by atoms with Gasteiger partial charge in [0.05, 0.1) is 19.1 Å². The molecule has 0 bridgehead atoms. The van der Waals surface area contributed by atoms with Crippen LogP contribution < -0.4 is 14.4 Å². The highest BCUT2D eigenvalue weighted by Crippen LogP contribution is 2.26. The van der Waals surface area contributed by atoms with E-state index in [4.69, 9.17) is 27.9 Å². The number of anilines is 1. The smallest absolute Gasteiger partial charge is 0.242 e. The molecular formula is C25H33Cl2N3O5S. The minimum atomic E-state index is -3.60. The maximum absolute atomic E-state index is 13.4. The van der Waals surface area contributed by atoms with Gasteiger partial charge in [0.15, 0.2) is 0 Å². The van der Waals surface area contributed by atoms with Crippen molar-refractivity contribution >= 4 is 50.7 Å². The number of likely N-dealkylation sites (N-methyl/N-ethyl adjacent to an activating group) is 1. The molecule has 2 aromatic rings. The van der Waals surface area contributed by atoms with E-state index in [0.717, 1.165) is 6.26 Å². The van der Waals surface area contributed by atoms with E-state index < -0.39 is 16.1 Å². The van der Waals surface area contributed by atoms with Gasteiger partial charge in [0, 0.05) is 42.2 Å². The Morgan fingerprint density at radius 1 is 1.11 bits per heavy atom. The van der Waals surface area contributed by atoms with Gasteiger partial charge in [-0.05, 0) is 49.6 Å². The molecule has 2 amide bonds. The number of sulfonamides is 1. The summed E-state index contributed by atoms with van der Waals surface area (Å²) in [6.45, 7) is 4.29. The van der Waals surface area contributed by atoms with Crippen LogP contribution in [0, 0.1) is 0 Å². The van der Waals surface area contributed by atoms with Crippen LogP contribution >= 0.6 is 23.2 Å². The molecule has 0 saturated heterocycles. The fourth-order valence-corrected chi connectivity index (χ4v) is 5.24. The Bertz CT molecular complexity index is 1160. The van der Waals surface area contributed by atoms with Crippen LogP contribution in [0.5, 0.6) is 5.75 Å². The quantitative estimate of drug-likeness (QED) is 0.391. The lowest BCUT2D eigenvalue weighted by atomic mass is 10.1. The van der Waals surface area contributed by atoms with Crippen LogP contribution in [0.2, 0.25) is 10.0 Å². The van der Waals surface area contributed by atoms with Crippen LogP contribution in [-0.2, 0) is 26.2 Å². The molecule has 0 aliphatic carbocycles. The van der Waals surface area contributed by atoms with Crippen molar-refractivity contribution in [3.8, 4) is 5.75 Å². The average molecular weight is 559 g/mol. The van der Waals surface area contributed by atoms with E-state index >= 15 is 0 Å². The number of halogens is 2. The highest BCUT2D eigenvalue weighted by Gasteiger charge is 2.29. The second kappa shape index (κ2) is 13.7. The Balaban J connectivity index is 2.24. The molecule has 0 fully saturated rings. The van der Waals surface area contributed by atoms with Gasteiger partial charge >= 0.3 is 0 Å². The number of benzene rings is 2. The minimum Gasteiger partial charge on any atom is -0.497 e. The van der Waals surface area contributed by atoms with Crippen molar-refractivity contribution < 1.29 is 22.7 Å². The van der Waals surface area contributed by atoms with Crippen LogP contribution in [-0.4, -0.2) is 57.6 Å². The second-order valence-corrected chi connectivity index (χ2v) is 11.0. The van der Waals surface area contributed by atoms with Gasteiger partial charge in [0.25, 0.3) is 0 Å². The van der Waals surface area contributed by atoms with Crippen molar-refractivity contribution in [3.05, 3.63) is 58.1 Å². The number of hydrogen-bond acceptors (Lipinski definition) is 5. The maximum Gasteiger partial charge on any atom is 0.242 e. The maximum atomic E-state index is 13.4. The molecular weight excluding hydrogens is 525 g/mol. The fourth-order valence-electron chi connectivity index (χ4n) is 3.81. The number of carbonyl (C=O) groups is 2. The number of amides is 2. The van der Waals surface area contributed by atoms with Gasteiger partial charge in [-0.1, -0.05) is 42.3 Å². The van der Waals surface area contributed by atoms with E-state index in [0.29, 0.717) is 40.0 Å². The minimum absolute atomic E-state index is 0.0388. The monoisotopic (exact) mass is 557 g/mol. The summed E-state index contributed by atoms with van der Waals surface area (Å²) in [5.41, 5.74) is 1.11. The predicted molar refractivity (Wildman–Crippen MR) is 144 cm³/mol. The van der Waals surface area contributed by atoms with Gasteiger partial charge in [-0.25, -0.2) is 8.42 Å². The van der Waals surface area contributed by atoms with Gasteiger partial charge < -0.3 is 15.0 Å². The van der Waals surface area contributed by atoms with Crippen molar-refractivity contribution in [2.24, 2.45) is 0 Å². The molecule has 0 radical (unpaired) electrons. The van der Waals surface area contributed by atoms with E-state index in [1.54, 1.807) is 42.5 Å². The summed E-state index contributed by atoms with van der Waals surface area (Å²) in [4.78, 5) is 27.6. The van der Waals surface area contributed by atoms with E-state index in [1.165, 1.54) is 16.3 Å². The first-order valence-corrected chi connectivity index (χ1v) is 14.2. The van der Waals surface area contributed by atoms with E-state index in [-0.39, 0.29) is 37.7 Å². The zero-order valence-electron chi connectivity index (χ0n) is 21.0. The number of rotatable bonds is 13. The third-order valence-electron chi connectivity index (χ3n) is 5.59. The van der Waals surface area contributed by atoms with Crippen molar-refractivity contribution in [1.29, 1.82) is 0 Å². The molecule has 1 atom stereocenters. The summed E-state index contributed by atoms with van der Waals surface area (Å²) < 4.78 is 31.4. The summed E-state index contributed by atoms with van der Waals surface area (Å²) in [6.07, 6.45) is 1.81. The molecule has 0 heterocycles. The van der Waals surface area contributed by atoms with Crippen LogP contribution in [0.3, 0.4) is 0 Å². The second-order valence-electron chi connectivity index (χ2n) is 8.22. The Morgan fingerprint density at radius 2 is 1.83 bits per heavy atom. The fraction of sp³-hybridized carbons (Fsp3) is 0.440. The molecule has 0 aromatic heterocycles. The first-order chi connectivity index (χ1) is 17.0. The average Bonchev–Trinajstić information content (AvgIpc) is 2.82. The lowest BCUT2D eigenvalue weighted by molar-refractivity contribution is -0.141. The molecule has 0 unspecified atom stereocenters. The zero-order chi connectivity index (χ0) is 26.9. The first-order valence-electron chi connectivity index (χ1n) is 11.6. The van der Waals surface area contributed by atoms with Gasteiger partial charge in [-0.2, -0.15) is 0 Å². The number of ether oxygens (including phenoxy) is 1. The van der Waals surface area contributed by atoms with Crippen LogP contribution in [0.25, 0.3) is 0 Å². The molecule has 0 saturated carbocycles. The Labute approximate surface area is 223 Å². The molecule has 11 heteroatoms. The lowest BCUT2D eigenvalue weighted by Crippen LogP contribution is -2.49. The lowest BCUT2D eigenvalue weighted by Gasteiger charge is -2.31. The molecule has 198 valence electrons. The molecule has 1 N–H and O–H groups in total. The first kappa shape index (κ1) is 29.7. The highest BCUT2D eigenvalue weighted by atomic mass is 35.5. The largest absolute Gasteiger partial charge is 0.497 e. The van der Waals surface area contributed by atoms with Gasteiger partial charge in [-0.15, -0.1) is 0 Å². The van der Waals surface area contributed by atoms with E-state index in [9.17, 15) is 18.0 Å². The summed E-state index contributed by atoms with van der Waals surface area (Å²) in [7, 11) is -2.10. The summed E-state index contributed by atoms with van der Waals surface area (Å²) in [5, 5.41) is 3.65. The molecule has 2 rings (SSSR count). The predicted octanol–water partition coefficient (Wildman–Crippen LogP) is 4.49. The van der Waals surface area contributed by atoms with E-state index in [2.05, 4.69) is 5.32 Å². The third kappa shape index (κ3) is 8.28. The van der Waals surface area contributed by atoms with Crippen LogP contribution in [0.1, 0.15) is 38.7 Å². The number of methoxy groups -OCH3 is 1. The molecule has 2 aromatic carbocycles. The Hall–Kier alpha value is -2.49. The molecule has 0 aliphatic rings. The van der Waals surface area contributed by atoms with Crippen molar-refractivity contribution in [3.63, 3.8) is 0 Å². The number of nitrogens with zero attached hydrogens (tertiary/aromatic N) is 2. The Morgan fingerprint density at radius 3 is 2.42 bits per heavy atom. The van der Waals surface area contributed by atoms with Gasteiger partial charge in [0.2, 0.25) is 21.8 Å². The van der Waals surface area contributed by atoms with Crippen LogP contribution in [0.15, 0.2) is 42.5 Å². The molecule has 0 aliphatic heterocycles. The van der Waals surface area contributed by atoms with E-state index in [1.807, 2.05) is 13.8 Å². The standard InChI is InChI=1S/C25H33Cl2N3O5S/c1-5-23(25(32)28-6-2)29(17-18-12-13-19(26)15-22(18)27)24(31)11-8-14-30(36(4,33)34)20-9-7-10-21(16-20)35-3/h7,9-10,12-13,15-16,23H,5-6,8,11,14,17H2,1-4H3,(H,28,32)/t23-/m0/s1. The van der Waals surface area contributed by atoms with Crippen molar-refractivity contribution in [2.45, 2.75) is 45.7 Å². The van der Waals surface area contributed by atoms with Crippen LogP contribution in [0.4, 0.5) is 5.69 Å². The Kier molecular flexibility index (Phi) is 11.3. The van der Waals surface area contributed by atoms with Crippen molar-refractivity contribution in [1.82, 2.24) is 10.2 Å². The summed E-state index contributed by atoms with van der Waals surface area (Å²) in [5.74, 6) is -0.0123. The summed E-state index contributed by atoms with van der Waals surface area (Å²) in [6, 6.07) is 11.0. The van der Waals surface area contributed by atoms with Crippen molar-refractivity contribution in [2.75, 3.05) is 30.8 Å². The summed E-state index contributed by atoms with van der Waals surface area (Å²) >= 11 is 12.4. The third-order valence-corrected chi connectivity index (χ3v) is 7.37. The number of hydrogen-bond donors (Lipinski definition) is 1. The SMILES string of the molecule is CCNC(=O)[C@H](CC)N(Cc1ccc(Cl)cc1Cl)C(=O)CCCN(c1cccc(OC)c1)S(C)(=O)=O. The zero-order valence-corrected chi connectivity index (χ0v) is 23.3. The number of carbonyl (C=O) groups excluding carboxylic acids is 2. The normalized spacial score (nSPS) is 12.1. The highest BCUT2D eigenvalue weighted by molar-refractivity contribution is 7.92. The molecule has 36 heavy (non-hydrogen) atoms. The van der Waals surface area contributed by atoms with Gasteiger partial charge in [-0.3, -0.25) is 13.9 Å². The van der Waals surface area contributed by atoms with Gasteiger partial charge in [0.1, 0.15) is 11.8 Å². The molecule has 0 spiro atoms. The molecule has 8 nitrogen and oxygen atoms in total. The topological polar surface area (TPSA) is 96.0 Å².